The van der Waals surface area contributed by atoms with E-state index in [9.17, 15) is 9.90 Å². The first-order chi connectivity index (χ1) is 10.7. The Morgan fingerprint density at radius 2 is 2.05 bits per heavy atom. The Labute approximate surface area is 128 Å². The van der Waals surface area contributed by atoms with Crippen LogP contribution >= 0.6 is 0 Å². The highest BCUT2D eigenvalue weighted by Crippen LogP contribution is 2.31. The van der Waals surface area contributed by atoms with Crippen molar-refractivity contribution >= 4 is 17.5 Å². The minimum Gasteiger partial charge on any atom is -0.388 e. The van der Waals surface area contributed by atoms with E-state index in [-0.39, 0.29) is 12.6 Å². The second-order valence-electron chi connectivity index (χ2n) is 5.08. The number of anilines is 1. The molecule has 2 aromatic rings. The molecule has 2 N–H and O–H groups in total. The van der Waals surface area contributed by atoms with Crippen molar-refractivity contribution in [2.45, 2.75) is 26.6 Å². The van der Waals surface area contributed by atoms with Crippen LogP contribution in [0.5, 0.6) is 0 Å². The maximum atomic E-state index is 12.3. The van der Waals surface area contributed by atoms with E-state index >= 15 is 0 Å². The summed E-state index contributed by atoms with van der Waals surface area (Å²) >= 11 is 0. The number of hydrogen-bond donors (Lipinski definition) is 2. The standard InChI is InChI=1S/C16H18N4O2/c1-3-19-13(10-21)18-15-14(19)11(2)17-16(22)20(15)9-12-7-5-4-6-8-12/h4-8,21H,2-3,9-10H2,1H3,(H,17,22). The molecule has 1 aromatic carbocycles. The Kier molecular flexibility index (Phi) is 3.68. The molecular weight excluding hydrogens is 280 g/mol. The summed E-state index contributed by atoms with van der Waals surface area (Å²) in [6.07, 6.45) is 0. The molecule has 0 bridgehead atoms. The summed E-state index contributed by atoms with van der Waals surface area (Å²) in [6, 6.07) is 9.46. The first-order valence-electron chi connectivity index (χ1n) is 7.17. The number of imidazole rings is 1. The molecule has 0 spiro atoms. The lowest BCUT2D eigenvalue weighted by atomic mass is 10.2. The molecule has 0 atom stereocenters. The summed E-state index contributed by atoms with van der Waals surface area (Å²) in [4.78, 5) is 18.3. The SMILES string of the molecule is C=C1NC(=O)N(Cc2ccccc2)c2nc(CO)n(CC)c21. The molecule has 0 saturated heterocycles. The monoisotopic (exact) mass is 298 g/mol. The fourth-order valence-corrected chi connectivity index (χ4v) is 2.70. The number of nitrogens with one attached hydrogen (secondary N) is 1. The number of hydrogen-bond acceptors (Lipinski definition) is 3. The molecule has 3 rings (SSSR count). The van der Waals surface area contributed by atoms with Gasteiger partial charge in [0, 0.05) is 6.54 Å². The molecule has 1 aromatic heterocycles. The molecule has 1 aliphatic rings. The maximum absolute atomic E-state index is 12.3. The van der Waals surface area contributed by atoms with Crippen molar-refractivity contribution in [3.05, 3.63) is 54.0 Å². The van der Waals surface area contributed by atoms with Crippen molar-refractivity contribution in [3.8, 4) is 0 Å². The van der Waals surface area contributed by atoms with Crippen LogP contribution in [0.2, 0.25) is 0 Å². The average Bonchev–Trinajstić information content (AvgIpc) is 2.91. The summed E-state index contributed by atoms with van der Waals surface area (Å²) in [5, 5.41) is 12.3. The smallest absolute Gasteiger partial charge is 0.327 e. The van der Waals surface area contributed by atoms with Gasteiger partial charge in [0.2, 0.25) is 0 Å². The van der Waals surface area contributed by atoms with E-state index in [2.05, 4.69) is 16.9 Å². The normalized spacial score (nSPS) is 14.0. The number of benzene rings is 1. The number of carbonyl (C=O) groups is 1. The van der Waals surface area contributed by atoms with E-state index in [0.29, 0.717) is 30.4 Å². The molecule has 0 aliphatic carbocycles. The quantitative estimate of drug-likeness (QED) is 0.908. The first-order valence-corrected chi connectivity index (χ1v) is 7.17. The predicted octanol–water partition coefficient (Wildman–Crippen LogP) is 2.10. The summed E-state index contributed by atoms with van der Waals surface area (Å²) < 4.78 is 1.87. The number of urea groups is 1. The molecule has 0 saturated carbocycles. The van der Waals surface area contributed by atoms with E-state index in [1.54, 1.807) is 4.90 Å². The van der Waals surface area contributed by atoms with Gasteiger partial charge in [-0.05, 0) is 12.5 Å². The molecule has 0 unspecified atom stereocenters. The lowest BCUT2D eigenvalue weighted by molar-refractivity contribution is 0.249. The van der Waals surface area contributed by atoms with Crippen LogP contribution in [0.15, 0.2) is 36.9 Å². The van der Waals surface area contributed by atoms with Crippen molar-refractivity contribution in [2.24, 2.45) is 0 Å². The van der Waals surface area contributed by atoms with Gasteiger partial charge >= 0.3 is 6.03 Å². The second-order valence-corrected chi connectivity index (χ2v) is 5.08. The molecule has 6 nitrogen and oxygen atoms in total. The van der Waals surface area contributed by atoms with Gasteiger partial charge in [0.1, 0.15) is 18.1 Å². The Balaban J connectivity index is 2.06. The van der Waals surface area contributed by atoms with Crippen LogP contribution < -0.4 is 10.2 Å². The van der Waals surface area contributed by atoms with Crippen LogP contribution in [0.25, 0.3) is 5.70 Å². The largest absolute Gasteiger partial charge is 0.388 e. The summed E-state index contributed by atoms with van der Waals surface area (Å²) in [5.41, 5.74) is 2.27. The van der Waals surface area contributed by atoms with Crippen LogP contribution in [0.4, 0.5) is 10.6 Å². The highest BCUT2D eigenvalue weighted by Gasteiger charge is 2.32. The van der Waals surface area contributed by atoms with E-state index in [4.69, 9.17) is 0 Å². The third-order valence-electron chi connectivity index (χ3n) is 3.71. The third kappa shape index (κ3) is 2.27. The number of rotatable bonds is 4. The Morgan fingerprint density at radius 1 is 1.32 bits per heavy atom. The van der Waals surface area contributed by atoms with Gasteiger partial charge in [-0.15, -0.1) is 0 Å². The topological polar surface area (TPSA) is 70.4 Å². The number of amides is 2. The summed E-state index contributed by atoms with van der Waals surface area (Å²) in [6.45, 7) is 6.75. The molecule has 22 heavy (non-hydrogen) atoms. The van der Waals surface area contributed by atoms with Crippen LogP contribution in [0.1, 0.15) is 24.0 Å². The minimum atomic E-state index is -0.258. The zero-order chi connectivity index (χ0) is 15.7. The Morgan fingerprint density at radius 3 is 2.68 bits per heavy atom. The van der Waals surface area contributed by atoms with Crippen molar-refractivity contribution in [1.29, 1.82) is 0 Å². The third-order valence-corrected chi connectivity index (χ3v) is 3.71. The molecule has 6 heteroatoms. The van der Waals surface area contributed by atoms with Gasteiger partial charge in [-0.25, -0.2) is 9.78 Å². The molecule has 2 heterocycles. The average molecular weight is 298 g/mol. The van der Waals surface area contributed by atoms with Crippen molar-refractivity contribution < 1.29 is 9.90 Å². The van der Waals surface area contributed by atoms with E-state index < -0.39 is 0 Å². The minimum absolute atomic E-state index is 0.179. The van der Waals surface area contributed by atoms with Crippen LogP contribution in [-0.2, 0) is 19.7 Å². The number of aromatic nitrogens is 2. The Bertz CT molecular complexity index is 721. The molecule has 0 radical (unpaired) electrons. The van der Waals surface area contributed by atoms with Crippen LogP contribution in [0, 0.1) is 0 Å². The molecule has 114 valence electrons. The van der Waals surface area contributed by atoms with Gasteiger partial charge < -0.3 is 15.0 Å². The summed E-state index contributed by atoms with van der Waals surface area (Å²) in [5.74, 6) is 1.08. The lowest BCUT2D eigenvalue weighted by Gasteiger charge is -2.28. The molecular formula is C16H18N4O2. The number of aliphatic hydroxyl groups excluding tert-OH is 1. The van der Waals surface area contributed by atoms with E-state index in [1.165, 1.54) is 0 Å². The maximum Gasteiger partial charge on any atom is 0.327 e. The molecule has 0 fully saturated rings. The van der Waals surface area contributed by atoms with Gasteiger partial charge in [0.05, 0.1) is 12.2 Å². The van der Waals surface area contributed by atoms with Gasteiger partial charge in [-0.1, -0.05) is 36.9 Å². The number of nitrogens with zero attached hydrogens (tertiary/aromatic N) is 3. The first kappa shape index (κ1) is 14.3. The number of carbonyl (C=O) groups excluding carboxylic acids is 1. The van der Waals surface area contributed by atoms with Crippen LogP contribution in [0.3, 0.4) is 0 Å². The second kappa shape index (κ2) is 5.65. The van der Waals surface area contributed by atoms with Gasteiger partial charge in [-0.2, -0.15) is 0 Å². The highest BCUT2D eigenvalue weighted by atomic mass is 16.3. The highest BCUT2D eigenvalue weighted by molar-refractivity contribution is 6.02. The van der Waals surface area contributed by atoms with Gasteiger partial charge in [-0.3, -0.25) is 4.90 Å². The number of aliphatic hydroxyl groups is 1. The van der Waals surface area contributed by atoms with Gasteiger partial charge in [0.25, 0.3) is 0 Å². The summed E-state index contributed by atoms with van der Waals surface area (Å²) in [7, 11) is 0. The van der Waals surface area contributed by atoms with Gasteiger partial charge in [0.15, 0.2) is 5.82 Å². The fraction of sp³-hybridized carbons (Fsp3) is 0.250. The molecule has 2 amide bonds. The van der Waals surface area contributed by atoms with Crippen molar-refractivity contribution in [2.75, 3.05) is 4.90 Å². The van der Waals surface area contributed by atoms with E-state index in [0.717, 1.165) is 11.3 Å². The van der Waals surface area contributed by atoms with Crippen LogP contribution in [-0.4, -0.2) is 20.7 Å². The zero-order valence-corrected chi connectivity index (χ0v) is 12.4. The van der Waals surface area contributed by atoms with Crippen molar-refractivity contribution in [1.82, 2.24) is 14.9 Å². The van der Waals surface area contributed by atoms with E-state index in [1.807, 2.05) is 41.8 Å². The molecule has 1 aliphatic heterocycles. The van der Waals surface area contributed by atoms with Crippen molar-refractivity contribution in [3.63, 3.8) is 0 Å². The fourth-order valence-electron chi connectivity index (χ4n) is 2.70. The zero-order valence-electron chi connectivity index (χ0n) is 12.4. The predicted molar refractivity (Wildman–Crippen MR) is 84.0 cm³/mol. The Hall–Kier alpha value is -2.60. The number of fused-ring (bicyclic) bond motifs is 1. The lowest BCUT2D eigenvalue weighted by Crippen LogP contribution is -2.43.